The Hall–Kier alpha value is -1.79. The molecule has 0 bridgehead atoms. The fourth-order valence-electron chi connectivity index (χ4n) is 3.55. The molecule has 1 N–H and O–H groups in total. The molecule has 0 saturated carbocycles. The Kier molecular flexibility index (Phi) is 6.04. The van der Waals surface area contributed by atoms with Crippen LogP contribution in [0.1, 0.15) is 32.1 Å². The van der Waals surface area contributed by atoms with Crippen LogP contribution in [-0.4, -0.2) is 65.1 Å². The van der Waals surface area contributed by atoms with Gasteiger partial charge >= 0.3 is 0 Å². The molecule has 7 heteroatoms. The number of carbonyl (C=O) groups is 2. The van der Waals surface area contributed by atoms with Crippen LogP contribution in [0.15, 0.2) is 24.3 Å². The highest BCUT2D eigenvalue weighted by atomic mass is 35.5. The third kappa shape index (κ3) is 4.89. The molecule has 2 aliphatic rings. The Labute approximate surface area is 158 Å². The van der Waals surface area contributed by atoms with Crippen molar-refractivity contribution in [3.05, 3.63) is 29.3 Å². The monoisotopic (exact) mass is 380 g/mol. The number of rotatable bonds is 6. The van der Waals surface area contributed by atoms with Crippen molar-refractivity contribution in [3.63, 3.8) is 0 Å². The van der Waals surface area contributed by atoms with Gasteiger partial charge < -0.3 is 19.6 Å². The zero-order chi connectivity index (χ0) is 18.6. The van der Waals surface area contributed by atoms with Gasteiger partial charge in [-0.15, -0.1) is 0 Å². The van der Waals surface area contributed by atoms with Gasteiger partial charge in [-0.25, -0.2) is 0 Å². The summed E-state index contributed by atoms with van der Waals surface area (Å²) in [6.07, 6.45) is 3.07. The van der Waals surface area contributed by atoms with Crippen molar-refractivity contribution in [2.24, 2.45) is 0 Å². The average Bonchev–Trinajstić information content (AvgIpc) is 3.03. The SMILES string of the molecule is O=C1CCCN1CCC(=O)N1CCCC(O)(COc2cccc(Cl)c2)C1. The van der Waals surface area contributed by atoms with Gasteiger partial charge in [-0.05, 0) is 37.5 Å². The van der Waals surface area contributed by atoms with Crippen LogP contribution >= 0.6 is 11.6 Å². The molecule has 1 aromatic carbocycles. The molecule has 26 heavy (non-hydrogen) atoms. The predicted octanol–water partition coefficient (Wildman–Crippen LogP) is 2.08. The first-order chi connectivity index (χ1) is 12.5. The van der Waals surface area contributed by atoms with Crippen molar-refractivity contribution in [2.45, 2.75) is 37.7 Å². The topological polar surface area (TPSA) is 70.1 Å². The number of carbonyl (C=O) groups excluding carboxylic acids is 2. The highest BCUT2D eigenvalue weighted by molar-refractivity contribution is 6.30. The highest BCUT2D eigenvalue weighted by Gasteiger charge is 2.36. The molecule has 1 aromatic rings. The molecular formula is C19H25ClN2O4. The van der Waals surface area contributed by atoms with Crippen LogP contribution in [0.5, 0.6) is 5.75 Å². The van der Waals surface area contributed by atoms with Gasteiger partial charge in [0.15, 0.2) is 0 Å². The predicted molar refractivity (Wildman–Crippen MR) is 98.1 cm³/mol. The van der Waals surface area contributed by atoms with E-state index in [-0.39, 0.29) is 25.0 Å². The van der Waals surface area contributed by atoms with Gasteiger partial charge in [0.25, 0.3) is 0 Å². The standard InChI is InChI=1S/C19H25ClN2O4/c20-15-4-1-5-16(12-15)26-14-19(25)8-3-10-22(13-19)18(24)7-11-21-9-2-6-17(21)23/h1,4-5,12,25H,2-3,6-11,13-14H2. The van der Waals surface area contributed by atoms with E-state index >= 15 is 0 Å². The zero-order valence-electron chi connectivity index (χ0n) is 14.8. The Balaban J connectivity index is 1.50. The molecule has 0 radical (unpaired) electrons. The molecular weight excluding hydrogens is 356 g/mol. The highest BCUT2D eigenvalue weighted by Crippen LogP contribution is 2.25. The number of nitrogens with zero attached hydrogens (tertiary/aromatic N) is 2. The number of β-amino-alcohol motifs (C(OH)–C–C–N with tert-alkyl or cyclic N) is 1. The maximum Gasteiger partial charge on any atom is 0.224 e. The first-order valence-corrected chi connectivity index (χ1v) is 9.49. The molecule has 2 saturated heterocycles. The molecule has 142 valence electrons. The third-order valence-corrected chi connectivity index (χ3v) is 5.21. The summed E-state index contributed by atoms with van der Waals surface area (Å²) in [5.74, 6) is 0.704. The summed E-state index contributed by atoms with van der Waals surface area (Å²) in [5.41, 5.74) is -1.07. The zero-order valence-corrected chi connectivity index (χ0v) is 15.6. The van der Waals surface area contributed by atoms with Crippen molar-refractivity contribution in [3.8, 4) is 5.75 Å². The maximum atomic E-state index is 12.5. The van der Waals surface area contributed by atoms with E-state index < -0.39 is 5.60 Å². The van der Waals surface area contributed by atoms with E-state index in [1.807, 2.05) is 0 Å². The van der Waals surface area contributed by atoms with Crippen LogP contribution in [0.2, 0.25) is 5.02 Å². The van der Waals surface area contributed by atoms with E-state index in [9.17, 15) is 14.7 Å². The van der Waals surface area contributed by atoms with Crippen LogP contribution in [0.25, 0.3) is 0 Å². The van der Waals surface area contributed by atoms with Crippen LogP contribution in [-0.2, 0) is 9.59 Å². The number of likely N-dealkylation sites (tertiary alicyclic amines) is 2. The van der Waals surface area contributed by atoms with Gasteiger partial charge in [-0.2, -0.15) is 0 Å². The normalized spacial score (nSPS) is 23.4. The summed E-state index contributed by atoms with van der Waals surface area (Å²) in [5, 5.41) is 11.4. The van der Waals surface area contributed by atoms with E-state index in [1.54, 1.807) is 34.1 Å². The molecule has 3 rings (SSSR count). The number of amides is 2. The summed E-state index contributed by atoms with van der Waals surface area (Å²) in [6.45, 7) is 2.20. The van der Waals surface area contributed by atoms with E-state index in [4.69, 9.17) is 16.3 Å². The van der Waals surface area contributed by atoms with E-state index in [0.717, 1.165) is 19.4 Å². The minimum Gasteiger partial charge on any atom is -0.490 e. The lowest BCUT2D eigenvalue weighted by atomic mass is 9.93. The van der Waals surface area contributed by atoms with E-state index in [0.29, 0.717) is 43.1 Å². The second kappa shape index (κ2) is 8.27. The van der Waals surface area contributed by atoms with Gasteiger partial charge in [-0.1, -0.05) is 17.7 Å². The first kappa shape index (κ1) is 19.0. The van der Waals surface area contributed by atoms with Crippen LogP contribution < -0.4 is 4.74 Å². The van der Waals surface area contributed by atoms with Crippen molar-refractivity contribution in [1.29, 1.82) is 0 Å². The molecule has 2 fully saturated rings. The number of hydrogen-bond acceptors (Lipinski definition) is 4. The van der Waals surface area contributed by atoms with Crippen LogP contribution in [0.3, 0.4) is 0 Å². The Bertz CT molecular complexity index is 669. The molecule has 0 aromatic heterocycles. The van der Waals surface area contributed by atoms with Gasteiger partial charge in [0.2, 0.25) is 11.8 Å². The quantitative estimate of drug-likeness (QED) is 0.820. The van der Waals surface area contributed by atoms with Gasteiger partial charge in [0.05, 0.1) is 6.54 Å². The van der Waals surface area contributed by atoms with Crippen molar-refractivity contribution < 1.29 is 19.4 Å². The minimum atomic E-state index is -1.07. The number of hydrogen-bond donors (Lipinski definition) is 1. The lowest BCUT2D eigenvalue weighted by molar-refractivity contribution is -0.140. The fraction of sp³-hybridized carbons (Fsp3) is 0.579. The number of aliphatic hydroxyl groups is 1. The maximum absolute atomic E-state index is 12.5. The van der Waals surface area contributed by atoms with Crippen LogP contribution in [0.4, 0.5) is 0 Å². The van der Waals surface area contributed by atoms with Gasteiger partial charge in [0, 0.05) is 37.5 Å². The summed E-state index contributed by atoms with van der Waals surface area (Å²) >= 11 is 5.94. The first-order valence-electron chi connectivity index (χ1n) is 9.11. The number of halogens is 1. The molecule has 1 unspecified atom stereocenters. The molecule has 2 amide bonds. The fourth-order valence-corrected chi connectivity index (χ4v) is 3.73. The summed E-state index contributed by atoms with van der Waals surface area (Å²) in [6, 6.07) is 7.03. The molecule has 2 aliphatic heterocycles. The lowest BCUT2D eigenvalue weighted by Crippen LogP contribution is -2.53. The van der Waals surface area contributed by atoms with E-state index in [1.165, 1.54) is 0 Å². The van der Waals surface area contributed by atoms with Crippen LogP contribution in [0, 0.1) is 0 Å². The molecule has 2 heterocycles. The van der Waals surface area contributed by atoms with Crippen molar-refractivity contribution in [1.82, 2.24) is 9.80 Å². The van der Waals surface area contributed by atoms with Crippen molar-refractivity contribution >= 4 is 23.4 Å². The Morgan fingerprint density at radius 2 is 2.15 bits per heavy atom. The Morgan fingerprint density at radius 3 is 2.88 bits per heavy atom. The van der Waals surface area contributed by atoms with Gasteiger partial charge in [0.1, 0.15) is 18.0 Å². The second-order valence-corrected chi connectivity index (χ2v) is 7.56. The molecule has 1 atom stereocenters. The van der Waals surface area contributed by atoms with Crippen molar-refractivity contribution in [2.75, 3.05) is 32.8 Å². The largest absolute Gasteiger partial charge is 0.490 e. The van der Waals surface area contributed by atoms with Gasteiger partial charge in [-0.3, -0.25) is 9.59 Å². The number of ether oxygens (including phenoxy) is 1. The second-order valence-electron chi connectivity index (χ2n) is 7.12. The lowest BCUT2D eigenvalue weighted by Gasteiger charge is -2.39. The molecule has 0 aliphatic carbocycles. The smallest absolute Gasteiger partial charge is 0.224 e. The molecule has 0 spiro atoms. The Morgan fingerprint density at radius 1 is 1.31 bits per heavy atom. The minimum absolute atomic E-state index is 0.0226. The third-order valence-electron chi connectivity index (χ3n) is 4.98. The summed E-state index contributed by atoms with van der Waals surface area (Å²) in [7, 11) is 0. The average molecular weight is 381 g/mol. The summed E-state index contributed by atoms with van der Waals surface area (Å²) in [4.78, 5) is 27.6. The number of benzene rings is 1. The molecule has 6 nitrogen and oxygen atoms in total. The van der Waals surface area contributed by atoms with E-state index in [2.05, 4.69) is 0 Å². The summed E-state index contributed by atoms with van der Waals surface area (Å²) < 4.78 is 5.69. The number of piperidine rings is 1.